The van der Waals surface area contributed by atoms with E-state index in [9.17, 15) is 38.7 Å². The molecule has 3 heterocycles. The van der Waals surface area contributed by atoms with E-state index in [1.807, 2.05) is 24.3 Å². The standard InChI is InChI=1S/C28H20O7.C21H14O5.C8H10O3/c1-15(2)25(29)32-17-9-11-21-23(13-17)34-24-14-18(33-26(30)16(3)4)10-12-22(24)28(21)20-8-6-5-7-19(20)27(31)35-28;1-25-21(24)15-5-3-2-4-14(15)20-16-8-6-12(22)10-18(16)26-19-11-13(23)7-9-17(19)20;1-5(2)7(9)11-8(10)6(3)4/h5-14H,1,3H2,2,4H3;2-11,22H,1H3;1,3H2,2,4H3. The van der Waals surface area contributed by atoms with Crippen molar-refractivity contribution in [1.82, 2.24) is 0 Å². The number of carbonyl (C=O) groups excluding carboxylic acids is 6. The van der Waals surface area contributed by atoms with Gasteiger partial charge < -0.3 is 37.9 Å². The van der Waals surface area contributed by atoms with Crippen molar-refractivity contribution in [3.05, 3.63) is 208 Å². The molecular formula is C57H44O15. The highest BCUT2D eigenvalue weighted by atomic mass is 16.6. The van der Waals surface area contributed by atoms with E-state index in [-0.39, 0.29) is 45.0 Å². The quantitative estimate of drug-likeness (QED) is 0.0375. The topological polar surface area (TPSA) is 208 Å². The molecule has 362 valence electrons. The number of phenolic OH excluding ortho intramolecular Hbond substituents is 1. The summed E-state index contributed by atoms with van der Waals surface area (Å²) in [5, 5.41) is 10.5. The number of benzene rings is 6. The molecule has 0 atom stereocenters. The van der Waals surface area contributed by atoms with Crippen LogP contribution in [-0.4, -0.2) is 48.0 Å². The molecule has 1 spiro atoms. The number of hydrogen-bond donors (Lipinski definition) is 1. The zero-order valence-corrected chi connectivity index (χ0v) is 39.5. The first-order valence-corrected chi connectivity index (χ1v) is 21.7. The van der Waals surface area contributed by atoms with E-state index in [0.717, 1.165) is 5.56 Å². The maximum atomic E-state index is 12.9. The molecule has 0 unspecified atom stereocenters. The van der Waals surface area contributed by atoms with Gasteiger partial charge in [-0.3, -0.25) is 4.79 Å². The second-order valence-corrected chi connectivity index (χ2v) is 16.5. The van der Waals surface area contributed by atoms with Gasteiger partial charge in [-0.1, -0.05) is 62.7 Å². The summed E-state index contributed by atoms with van der Waals surface area (Å²) in [7, 11) is 1.33. The van der Waals surface area contributed by atoms with E-state index in [0.29, 0.717) is 67.2 Å². The van der Waals surface area contributed by atoms with Gasteiger partial charge in [0.2, 0.25) is 0 Å². The zero-order valence-electron chi connectivity index (χ0n) is 39.5. The largest absolute Gasteiger partial charge is 0.508 e. The first-order valence-electron chi connectivity index (χ1n) is 21.7. The molecule has 0 fully saturated rings. The lowest BCUT2D eigenvalue weighted by Crippen LogP contribution is -2.33. The van der Waals surface area contributed by atoms with Crippen LogP contribution in [0.25, 0.3) is 33.4 Å². The van der Waals surface area contributed by atoms with E-state index in [1.54, 1.807) is 92.7 Å². The van der Waals surface area contributed by atoms with Gasteiger partial charge in [0.15, 0.2) is 11.0 Å². The van der Waals surface area contributed by atoms with E-state index < -0.39 is 41.4 Å². The number of fused-ring (bicyclic) bond motifs is 8. The lowest BCUT2D eigenvalue weighted by molar-refractivity contribution is -0.154. The van der Waals surface area contributed by atoms with Gasteiger partial charge in [-0.15, -0.1) is 0 Å². The van der Waals surface area contributed by atoms with Crippen LogP contribution in [-0.2, 0) is 39.0 Å². The molecule has 1 aliphatic carbocycles. The predicted octanol–water partition coefficient (Wildman–Crippen LogP) is 10.5. The van der Waals surface area contributed by atoms with E-state index in [2.05, 4.69) is 31.1 Å². The van der Waals surface area contributed by atoms with Gasteiger partial charge in [-0.05, 0) is 93.9 Å². The molecule has 72 heavy (non-hydrogen) atoms. The second kappa shape index (κ2) is 20.5. The summed E-state index contributed by atoms with van der Waals surface area (Å²) in [4.78, 5) is 82.4. The predicted molar refractivity (Wildman–Crippen MR) is 264 cm³/mol. The summed E-state index contributed by atoms with van der Waals surface area (Å²) >= 11 is 0. The van der Waals surface area contributed by atoms with Gasteiger partial charge in [-0.25, -0.2) is 28.8 Å². The summed E-state index contributed by atoms with van der Waals surface area (Å²) in [5.41, 5.74) is 4.50. The van der Waals surface area contributed by atoms with E-state index >= 15 is 0 Å². The molecular weight excluding hydrogens is 925 g/mol. The summed E-state index contributed by atoms with van der Waals surface area (Å²) in [6, 6.07) is 33.2. The average Bonchev–Trinajstić information content (AvgIpc) is 3.64. The Morgan fingerprint density at radius 2 is 1.11 bits per heavy atom. The summed E-state index contributed by atoms with van der Waals surface area (Å²) < 4.78 is 38.0. The third-order valence-electron chi connectivity index (χ3n) is 10.9. The Kier molecular flexibility index (Phi) is 14.3. The van der Waals surface area contributed by atoms with Crippen molar-refractivity contribution in [1.29, 1.82) is 0 Å². The molecule has 0 saturated heterocycles. The molecule has 4 aliphatic rings. The molecule has 0 radical (unpaired) electrons. The van der Waals surface area contributed by atoms with E-state index in [1.165, 1.54) is 39.2 Å². The lowest BCUT2D eigenvalue weighted by atomic mass is 9.77. The fourth-order valence-electron chi connectivity index (χ4n) is 7.55. The molecule has 15 nitrogen and oxygen atoms in total. The fourth-order valence-corrected chi connectivity index (χ4v) is 7.55. The smallest absolute Gasteiger partial charge is 0.340 e. The number of ether oxygens (including phenoxy) is 6. The summed E-state index contributed by atoms with van der Waals surface area (Å²) in [6.07, 6.45) is 0. The molecule has 0 amide bonds. The SMILES string of the molecule is C=C(C)C(=O)OC(=O)C(=C)C.C=C(C)C(=O)Oc1ccc2c(c1)Oc1cc(OC(=O)C(=C)C)ccc1C21OC(=O)c2ccccc21.COC(=O)c1ccccc1-c1c2ccc(=O)cc-2oc2cc(O)ccc12. The number of hydrogen-bond acceptors (Lipinski definition) is 15. The highest BCUT2D eigenvalue weighted by Crippen LogP contribution is 2.57. The highest BCUT2D eigenvalue weighted by molar-refractivity contribution is 6.08. The Morgan fingerprint density at radius 1 is 0.569 bits per heavy atom. The van der Waals surface area contributed by atoms with Gasteiger partial charge in [0, 0.05) is 79.8 Å². The lowest BCUT2D eigenvalue weighted by Gasteiger charge is -2.36. The van der Waals surface area contributed by atoms with Crippen molar-refractivity contribution < 1.29 is 66.7 Å². The molecule has 3 aliphatic heterocycles. The number of esters is 6. The number of aromatic hydroxyl groups is 1. The summed E-state index contributed by atoms with van der Waals surface area (Å²) in [5.74, 6) is -1.99. The number of methoxy groups -OCH3 is 1. The normalized spacial score (nSPS) is 12.1. The minimum atomic E-state index is -1.30. The average molecular weight is 969 g/mol. The van der Waals surface area contributed by atoms with Crippen molar-refractivity contribution in [3.63, 3.8) is 0 Å². The first kappa shape index (κ1) is 50.3. The van der Waals surface area contributed by atoms with Gasteiger partial charge in [0.25, 0.3) is 0 Å². The zero-order chi connectivity index (χ0) is 52.2. The van der Waals surface area contributed by atoms with Crippen molar-refractivity contribution in [2.24, 2.45) is 0 Å². The maximum absolute atomic E-state index is 12.9. The van der Waals surface area contributed by atoms with Gasteiger partial charge in [0.05, 0.1) is 18.2 Å². The van der Waals surface area contributed by atoms with Crippen LogP contribution < -0.4 is 19.6 Å². The molecule has 5 aromatic rings. The highest BCUT2D eigenvalue weighted by Gasteiger charge is 2.53. The van der Waals surface area contributed by atoms with Gasteiger partial charge in [-0.2, -0.15) is 0 Å². The second-order valence-electron chi connectivity index (χ2n) is 16.5. The Hall–Kier alpha value is -9.63. The van der Waals surface area contributed by atoms with Crippen molar-refractivity contribution >= 4 is 46.8 Å². The van der Waals surface area contributed by atoms with Crippen molar-refractivity contribution in [2.45, 2.75) is 33.3 Å². The minimum absolute atomic E-state index is 0.0473. The molecule has 0 saturated carbocycles. The molecule has 15 heteroatoms. The Bertz CT molecular complexity index is 3400. The molecule has 0 bridgehead atoms. The van der Waals surface area contributed by atoms with Crippen LogP contribution in [0.5, 0.6) is 28.7 Å². The summed E-state index contributed by atoms with van der Waals surface area (Å²) in [6.45, 7) is 19.8. The van der Waals surface area contributed by atoms with E-state index in [4.69, 9.17) is 28.1 Å². The van der Waals surface area contributed by atoms with Crippen LogP contribution in [0.3, 0.4) is 0 Å². The third-order valence-corrected chi connectivity index (χ3v) is 10.9. The monoisotopic (exact) mass is 968 g/mol. The van der Waals surface area contributed by atoms with Crippen LogP contribution in [0, 0.1) is 0 Å². The minimum Gasteiger partial charge on any atom is -0.508 e. The molecule has 1 N–H and O–H groups in total. The van der Waals surface area contributed by atoms with Crippen LogP contribution in [0.1, 0.15) is 65.1 Å². The van der Waals surface area contributed by atoms with Crippen molar-refractivity contribution in [2.75, 3.05) is 7.11 Å². The van der Waals surface area contributed by atoms with Gasteiger partial charge in [0.1, 0.15) is 40.1 Å². The molecule has 5 aromatic carbocycles. The Balaban J connectivity index is 0.000000180. The van der Waals surface area contributed by atoms with Gasteiger partial charge >= 0.3 is 35.8 Å². The number of rotatable bonds is 8. The fraction of sp³-hybridized carbons (Fsp3) is 0.105. The molecule has 9 rings (SSSR count). The first-order chi connectivity index (χ1) is 34.2. The van der Waals surface area contributed by atoms with Crippen LogP contribution in [0.4, 0.5) is 0 Å². The van der Waals surface area contributed by atoms with Crippen LogP contribution in [0.2, 0.25) is 0 Å². The number of phenols is 1. The Morgan fingerprint density at radius 3 is 1.67 bits per heavy atom. The third kappa shape index (κ3) is 10.1. The van der Waals surface area contributed by atoms with Crippen LogP contribution in [0.15, 0.2) is 179 Å². The van der Waals surface area contributed by atoms with Crippen molar-refractivity contribution in [3.8, 4) is 51.2 Å². The van der Waals surface area contributed by atoms with Crippen LogP contribution >= 0.6 is 0 Å². The maximum Gasteiger partial charge on any atom is 0.340 e. The Labute approximate surface area is 411 Å². The molecule has 0 aromatic heterocycles. The number of carbonyl (C=O) groups is 6.